The largest absolute Gasteiger partial charge is 0.465 e. The monoisotopic (exact) mass is 333 g/mol. The first-order chi connectivity index (χ1) is 11.4. The summed E-state index contributed by atoms with van der Waals surface area (Å²) < 4.78 is 14.1. The van der Waals surface area contributed by atoms with E-state index in [1.54, 1.807) is 6.92 Å². The van der Waals surface area contributed by atoms with Gasteiger partial charge in [0.25, 0.3) is 0 Å². The van der Waals surface area contributed by atoms with E-state index in [1.807, 2.05) is 0 Å². The molecule has 126 valence electrons. The second kappa shape index (κ2) is 7.36. The maximum Gasteiger partial charge on any atom is 0.339 e. The van der Waals surface area contributed by atoms with E-state index in [-0.39, 0.29) is 29.1 Å². The van der Waals surface area contributed by atoms with E-state index in [0.29, 0.717) is 5.82 Å². The fourth-order valence-electron chi connectivity index (χ4n) is 1.92. The van der Waals surface area contributed by atoms with Crippen LogP contribution in [0.2, 0.25) is 0 Å². The highest BCUT2D eigenvalue weighted by Crippen LogP contribution is 2.20. The van der Waals surface area contributed by atoms with Crippen LogP contribution in [0.15, 0.2) is 22.7 Å². The Morgan fingerprint density at radius 1 is 1.17 bits per heavy atom. The van der Waals surface area contributed by atoms with E-state index >= 15 is 0 Å². The van der Waals surface area contributed by atoms with Crippen LogP contribution in [0, 0.1) is 6.92 Å². The Morgan fingerprint density at radius 3 is 2.46 bits per heavy atom. The molecule has 1 aromatic carbocycles. The van der Waals surface area contributed by atoms with Crippen LogP contribution in [0.1, 0.15) is 32.4 Å². The third-order valence-corrected chi connectivity index (χ3v) is 3.00. The van der Waals surface area contributed by atoms with Gasteiger partial charge in [-0.2, -0.15) is 4.98 Å². The number of esters is 2. The lowest BCUT2D eigenvalue weighted by Crippen LogP contribution is -2.18. The minimum Gasteiger partial charge on any atom is -0.465 e. The van der Waals surface area contributed by atoms with Crippen molar-refractivity contribution in [2.75, 3.05) is 19.5 Å². The number of aryl methyl sites for hydroxylation is 1. The number of aromatic nitrogens is 2. The quantitative estimate of drug-likeness (QED) is 0.808. The summed E-state index contributed by atoms with van der Waals surface area (Å²) in [6.45, 7) is 1.63. The molecule has 9 nitrogen and oxygen atoms in total. The molecule has 0 saturated heterocycles. The summed E-state index contributed by atoms with van der Waals surface area (Å²) in [6.07, 6.45) is -0.177. The number of ether oxygens (including phenoxy) is 2. The van der Waals surface area contributed by atoms with Crippen LogP contribution in [-0.2, 0) is 20.7 Å². The van der Waals surface area contributed by atoms with Crippen molar-refractivity contribution < 1.29 is 28.4 Å². The molecule has 0 atom stereocenters. The number of hydrogen-bond donors (Lipinski definition) is 1. The van der Waals surface area contributed by atoms with Crippen LogP contribution in [0.25, 0.3) is 0 Å². The molecule has 0 aliphatic carbocycles. The highest BCUT2D eigenvalue weighted by atomic mass is 16.5. The zero-order valence-corrected chi connectivity index (χ0v) is 13.3. The number of nitrogens with one attached hydrogen (secondary N) is 1. The van der Waals surface area contributed by atoms with Gasteiger partial charge in [-0.15, -0.1) is 0 Å². The molecule has 0 bridgehead atoms. The number of carbonyl (C=O) groups is 3. The summed E-state index contributed by atoms with van der Waals surface area (Å²) in [5.41, 5.74) is 0.389. The van der Waals surface area contributed by atoms with E-state index in [4.69, 9.17) is 4.52 Å². The average molecular weight is 333 g/mol. The minimum absolute atomic E-state index is 0.0974. The maximum atomic E-state index is 12.1. The number of benzene rings is 1. The standard InChI is InChI=1S/C15H15N3O6/c1-8-16-13(24-18-8)7-12(19)17-11-6-9(14(20)22-2)4-5-10(11)15(21)23-3/h4-6H,7H2,1-3H3,(H,17,19). The Morgan fingerprint density at radius 2 is 1.88 bits per heavy atom. The number of carbonyl (C=O) groups excluding carboxylic acids is 3. The summed E-state index contributed by atoms with van der Waals surface area (Å²) >= 11 is 0. The van der Waals surface area contributed by atoms with Crippen molar-refractivity contribution in [3.8, 4) is 0 Å². The molecule has 0 saturated carbocycles. The summed E-state index contributed by atoms with van der Waals surface area (Å²) in [4.78, 5) is 39.4. The van der Waals surface area contributed by atoms with Gasteiger partial charge in [0, 0.05) is 0 Å². The Hall–Kier alpha value is -3.23. The van der Waals surface area contributed by atoms with Crippen molar-refractivity contribution in [3.63, 3.8) is 0 Å². The predicted molar refractivity (Wildman–Crippen MR) is 80.5 cm³/mol. The number of nitrogens with zero attached hydrogens (tertiary/aromatic N) is 2. The van der Waals surface area contributed by atoms with Crippen molar-refractivity contribution in [3.05, 3.63) is 41.0 Å². The van der Waals surface area contributed by atoms with Gasteiger partial charge < -0.3 is 19.3 Å². The van der Waals surface area contributed by atoms with Gasteiger partial charge in [0.15, 0.2) is 5.82 Å². The first kappa shape index (κ1) is 17.1. The topological polar surface area (TPSA) is 121 Å². The highest BCUT2D eigenvalue weighted by molar-refractivity contribution is 6.03. The summed E-state index contributed by atoms with van der Waals surface area (Å²) in [6, 6.07) is 4.09. The molecule has 2 rings (SSSR count). The summed E-state index contributed by atoms with van der Waals surface area (Å²) in [5, 5.41) is 6.11. The van der Waals surface area contributed by atoms with Gasteiger partial charge in [0.1, 0.15) is 6.42 Å². The Labute approximate surface area is 136 Å². The number of rotatable bonds is 5. The Bertz CT molecular complexity index is 783. The fraction of sp³-hybridized carbons (Fsp3) is 0.267. The van der Waals surface area contributed by atoms with Crippen molar-refractivity contribution >= 4 is 23.5 Å². The average Bonchev–Trinajstić information content (AvgIpc) is 2.97. The molecule has 0 spiro atoms. The lowest BCUT2D eigenvalue weighted by molar-refractivity contribution is -0.115. The fourth-order valence-corrected chi connectivity index (χ4v) is 1.92. The number of amides is 1. The molecule has 1 N–H and O–H groups in total. The van der Waals surface area contributed by atoms with Gasteiger partial charge >= 0.3 is 11.9 Å². The zero-order chi connectivity index (χ0) is 17.7. The van der Waals surface area contributed by atoms with Crippen molar-refractivity contribution in [2.45, 2.75) is 13.3 Å². The van der Waals surface area contributed by atoms with Crippen molar-refractivity contribution in [1.82, 2.24) is 10.1 Å². The molecule has 1 heterocycles. The number of methoxy groups -OCH3 is 2. The van der Waals surface area contributed by atoms with Crippen LogP contribution in [-0.4, -0.2) is 42.2 Å². The minimum atomic E-state index is -0.657. The van der Waals surface area contributed by atoms with Crippen LogP contribution in [0.3, 0.4) is 0 Å². The SMILES string of the molecule is COC(=O)c1ccc(C(=O)OC)c(NC(=O)Cc2nc(C)no2)c1. The van der Waals surface area contributed by atoms with E-state index in [9.17, 15) is 14.4 Å². The zero-order valence-electron chi connectivity index (χ0n) is 13.3. The van der Waals surface area contributed by atoms with E-state index in [1.165, 1.54) is 32.4 Å². The molecule has 1 aromatic heterocycles. The van der Waals surface area contributed by atoms with Crippen LogP contribution < -0.4 is 5.32 Å². The number of anilines is 1. The molecule has 24 heavy (non-hydrogen) atoms. The molecular formula is C15H15N3O6. The van der Waals surface area contributed by atoms with Gasteiger partial charge in [0.05, 0.1) is 31.0 Å². The van der Waals surface area contributed by atoms with Gasteiger partial charge in [-0.3, -0.25) is 4.79 Å². The Balaban J connectivity index is 2.26. The summed E-state index contributed by atoms with van der Waals surface area (Å²) in [5.74, 6) is -1.22. The summed E-state index contributed by atoms with van der Waals surface area (Å²) in [7, 11) is 2.44. The van der Waals surface area contributed by atoms with Crippen molar-refractivity contribution in [2.24, 2.45) is 0 Å². The molecule has 0 radical (unpaired) electrons. The molecule has 0 aliphatic heterocycles. The van der Waals surface area contributed by atoms with Crippen LogP contribution >= 0.6 is 0 Å². The lowest BCUT2D eigenvalue weighted by Gasteiger charge is -2.10. The highest BCUT2D eigenvalue weighted by Gasteiger charge is 2.18. The predicted octanol–water partition coefficient (Wildman–Crippen LogP) is 1.13. The van der Waals surface area contributed by atoms with Gasteiger partial charge in [0.2, 0.25) is 11.8 Å². The maximum absolute atomic E-state index is 12.1. The first-order valence-corrected chi connectivity index (χ1v) is 6.84. The second-order valence-electron chi connectivity index (χ2n) is 4.70. The normalized spacial score (nSPS) is 10.1. The van der Waals surface area contributed by atoms with Gasteiger partial charge in [-0.1, -0.05) is 5.16 Å². The van der Waals surface area contributed by atoms with Gasteiger partial charge in [-0.05, 0) is 25.1 Å². The van der Waals surface area contributed by atoms with Crippen LogP contribution in [0.4, 0.5) is 5.69 Å². The molecule has 9 heteroatoms. The molecule has 2 aromatic rings. The first-order valence-electron chi connectivity index (χ1n) is 6.84. The van der Waals surface area contributed by atoms with E-state index < -0.39 is 17.8 Å². The molecule has 0 fully saturated rings. The third-order valence-electron chi connectivity index (χ3n) is 3.00. The second-order valence-corrected chi connectivity index (χ2v) is 4.70. The molecular weight excluding hydrogens is 318 g/mol. The molecule has 1 amide bonds. The van der Waals surface area contributed by atoms with E-state index in [0.717, 1.165) is 0 Å². The van der Waals surface area contributed by atoms with Gasteiger partial charge in [-0.25, -0.2) is 9.59 Å². The number of hydrogen-bond acceptors (Lipinski definition) is 8. The third kappa shape index (κ3) is 3.94. The smallest absolute Gasteiger partial charge is 0.339 e. The van der Waals surface area contributed by atoms with Crippen molar-refractivity contribution in [1.29, 1.82) is 0 Å². The lowest BCUT2D eigenvalue weighted by atomic mass is 10.1. The van der Waals surface area contributed by atoms with Crippen LogP contribution in [0.5, 0.6) is 0 Å². The molecule has 0 unspecified atom stereocenters. The Kier molecular flexibility index (Phi) is 5.25. The molecule has 0 aliphatic rings. The van der Waals surface area contributed by atoms with E-state index in [2.05, 4.69) is 24.9 Å².